The molecule has 0 heterocycles. The first-order chi connectivity index (χ1) is 18.1. The summed E-state index contributed by atoms with van der Waals surface area (Å²) < 4.78 is 14.7. The van der Waals surface area contributed by atoms with Crippen LogP contribution in [0.5, 0.6) is 0 Å². The Morgan fingerprint density at radius 1 is 0.622 bits per heavy atom. The molecule has 37 heavy (non-hydrogen) atoms. The van der Waals surface area contributed by atoms with E-state index in [9.17, 15) is 4.39 Å². The third kappa shape index (κ3) is 9.29. The molecule has 0 aliphatic heterocycles. The van der Waals surface area contributed by atoms with Gasteiger partial charge in [0.2, 0.25) is 0 Å². The molecule has 4 rings (SSSR count). The van der Waals surface area contributed by atoms with E-state index in [2.05, 4.69) is 37.3 Å². The van der Waals surface area contributed by atoms with Crippen molar-refractivity contribution in [1.82, 2.24) is 0 Å². The zero-order chi connectivity index (χ0) is 25.9. The van der Waals surface area contributed by atoms with Crippen molar-refractivity contribution in [1.29, 1.82) is 0 Å². The van der Waals surface area contributed by atoms with Crippen molar-refractivity contribution in [3.63, 3.8) is 0 Å². The second-order valence-corrected chi connectivity index (χ2v) is 11.7. The highest BCUT2D eigenvalue weighted by molar-refractivity contribution is 6.30. The number of unbranched alkanes of at least 4 members (excludes halogenated alkanes) is 2. The molecule has 0 radical (unpaired) electrons. The summed E-state index contributed by atoms with van der Waals surface area (Å²) in [5, 5.41) is 0.742. The summed E-state index contributed by atoms with van der Waals surface area (Å²) in [6.07, 6.45) is 16.8. The average Bonchev–Trinajstić information content (AvgIpc) is 2.92. The van der Waals surface area contributed by atoms with Crippen LogP contribution in [0.1, 0.15) is 92.5 Å². The Balaban J connectivity index is 1.13. The van der Waals surface area contributed by atoms with E-state index >= 15 is 0 Å². The summed E-state index contributed by atoms with van der Waals surface area (Å²) in [5.74, 6) is 1.62. The van der Waals surface area contributed by atoms with Crippen molar-refractivity contribution in [3.8, 4) is 0 Å². The molecule has 0 spiro atoms. The average molecular weight is 519 g/mol. The van der Waals surface area contributed by atoms with Gasteiger partial charge < -0.3 is 0 Å². The first-order valence-corrected chi connectivity index (χ1v) is 15.1. The van der Waals surface area contributed by atoms with Gasteiger partial charge in [-0.25, -0.2) is 4.39 Å². The fourth-order valence-corrected chi connectivity index (χ4v) is 6.01. The fourth-order valence-electron chi connectivity index (χ4n) is 5.88. The molecule has 3 aromatic rings. The molecule has 2 heteroatoms. The summed E-state index contributed by atoms with van der Waals surface area (Å²) in [4.78, 5) is 0. The third-order valence-corrected chi connectivity index (χ3v) is 8.71. The van der Waals surface area contributed by atoms with E-state index < -0.39 is 0 Å². The quantitative estimate of drug-likeness (QED) is 0.197. The Morgan fingerprint density at radius 2 is 1.14 bits per heavy atom. The molecule has 0 atom stereocenters. The van der Waals surface area contributed by atoms with E-state index in [1.54, 1.807) is 6.07 Å². The monoisotopic (exact) mass is 518 g/mol. The van der Waals surface area contributed by atoms with Gasteiger partial charge >= 0.3 is 0 Å². The molecule has 1 fully saturated rings. The van der Waals surface area contributed by atoms with E-state index in [1.807, 2.05) is 30.3 Å². The number of hydrogen-bond donors (Lipinski definition) is 0. The summed E-state index contributed by atoms with van der Waals surface area (Å²) in [7, 11) is 0. The van der Waals surface area contributed by atoms with Gasteiger partial charge in [0.15, 0.2) is 0 Å². The van der Waals surface area contributed by atoms with Crippen LogP contribution in [0.2, 0.25) is 5.02 Å². The van der Waals surface area contributed by atoms with Gasteiger partial charge in [-0.2, -0.15) is 0 Å². The second-order valence-electron chi connectivity index (χ2n) is 11.3. The minimum atomic E-state index is -0.0517. The maximum atomic E-state index is 14.7. The zero-order valence-electron chi connectivity index (χ0n) is 22.7. The van der Waals surface area contributed by atoms with Crippen LogP contribution in [0.4, 0.5) is 4.39 Å². The topological polar surface area (TPSA) is 0 Å². The van der Waals surface area contributed by atoms with E-state index in [1.165, 1.54) is 87.3 Å². The molecule has 1 aliphatic carbocycles. The minimum Gasteiger partial charge on any atom is -0.207 e. The number of aryl methyl sites for hydroxylation is 5. The van der Waals surface area contributed by atoms with Crippen LogP contribution >= 0.6 is 11.6 Å². The SMILES string of the molecule is CCCCCc1ccc(CCC2CCC(CCc3ccc(CCc4ccc(Cl)cc4)c(F)c3)CC2)cc1. The van der Waals surface area contributed by atoms with Gasteiger partial charge in [0.05, 0.1) is 0 Å². The van der Waals surface area contributed by atoms with Crippen molar-refractivity contribution in [2.75, 3.05) is 0 Å². The van der Waals surface area contributed by atoms with Gasteiger partial charge in [-0.1, -0.05) is 106 Å². The van der Waals surface area contributed by atoms with Crippen LogP contribution in [0, 0.1) is 17.7 Å². The summed E-state index contributed by atoms with van der Waals surface area (Å²) in [5.41, 5.74) is 6.14. The van der Waals surface area contributed by atoms with Gasteiger partial charge in [-0.3, -0.25) is 0 Å². The molecular weight excluding hydrogens is 475 g/mol. The Labute approximate surface area is 229 Å². The Kier molecular flexibility index (Phi) is 11.1. The number of halogens is 2. The molecule has 0 aromatic heterocycles. The lowest BCUT2D eigenvalue weighted by atomic mass is 9.77. The van der Waals surface area contributed by atoms with Crippen LogP contribution in [0.15, 0.2) is 66.7 Å². The normalized spacial score (nSPS) is 17.7. The number of hydrogen-bond acceptors (Lipinski definition) is 0. The van der Waals surface area contributed by atoms with E-state index in [-0.39, 0.29) is 5.82 Å². The van der Waals surface area contributed by atoms with E-state index in [0.717, 1.165) is 47.2 Å². The Bertz CT molecular complexity index is 1060. The lowest BCUT2D eigenvalue weighted by Crippen LogP contribution is -2.16. The first-order valence-electron chi connectivity index (χ1n) is 14.7. The maximum Gasteiger partial charge on any atom is 0.126 e. The maximum absolute atomic E-state index is 14.7. The highest BCUT2D eigenvalue weighted by Crippen LogP contribution is 2.34. The number of benzene rings is 3. The standard InChI is InChI=1S/C35H44ClF/c1-2-3-4-5-27-6-8-28(9-7-27)10-11-29-12-14-30(15-13-29)16-17-32-19-23-33(35(37)26-32)22-18-31-20-24-34(36)25-21-31/h6-9,19-21,23-26,29-30H,2-5,10-18,22H2,1H3. The largest absolute Gasteiger partial charge is 0.207 e. The lowest BCUT2D eigenvalue weighted by Gasteiger charge is -2.28. The molecule has 0 unspecified atom stereocenters. The van der Waals surface area contributed by atoms with Crippen molar-refractivity contribution >= 4 is 11.6 Å². The first kappa shape index (κ1) is 27.9. The molecule has 0 bridgehead atoms. The highest BCUT2D eigenvalue weighted by atomic mass is 35.5. The molecule has 1 aliphatic rings. The Morgan fingerprint density at radius 3 is 1.73 bits per heavy atom. The number of rotatable bonds is 13. The summed E-state index contributed by atoms with van der Waals surface area (Å²) in [6.45, 7) is 2.27. The summed E-state index contributed by atoms with van der Waals surface area (Å²) >= 11 is 5.96. The zero-order valence-corrected chi connectivity index (χ0v) is 23.4. The molecule has 3 aromatic carbocycles. The van der Waals surface area contributed by atoms with Gasteiger partial charge in [0.1, 0.15) is 5.82 Å². The van der Waals surface area contributed by atoms with Crippen molar-refractivity contribution < 1.29 is 4.39 Å². The van der Waals surface area contributed by atoms with Crippen LogP contribution < -0.4 is 0 Å². The van der Waals surface area contributed by atoms with Crippen molar-refractivity contribution in [2.24, 2.45) is 11.8 Å². The fraction of sp³-hybridized carbons (Fsp3) is 0.486. The highest BCUT2D eigenvalue weighted by Gasteiger charge is 2.21. The third-order valence-electron chi connectivity index (χ3n) is 8.45. The molecule has 198 valence electrons. The molecular formula is C35H44ClF. The predicted molar refractivity (Wildman–Crippen MR) is 157 cm³/mol. The molecule has 1 saturated carbocycles. The van der Waals surface area contributed by atoms with E-state index in [4.69, 9.17) is 11.6 Å². The van der Waals surface area contributed by atoms with Crippen LogP contribution in [0.3, 0.4) is 0 Å². The van der Waals surface area contributed by atoms with Crippen LogP contribution in [-0.4, -0.2) is 0 Å². The van der Waals surface area contributed by atoms with Gasteiger partial charge in [0.25, 0.3) is 0 Å². The van der Waals surface area contributed by atoms with E-state index in [0.29, 0.717) is 0 Å². The van der Waals surface area contributed by atoms with Crippen LogP contribution in [-0.2, 0) is 32.1 Å². The van der Waals surface area contributed by atoms with Gasteiger partial charge in [-0.15, -0.1) is 0 Å². The minimum absolute atomic E-state index is 0.0517. The molecule has 0 saturated heterocycles. The molecule has 0 amide bonds. The predicted octanol–water partition coefficient (Wildman–Crippen LogP) is 10.4. The molecule has 0 N–H and O–H groups in total. The lowest BCUT2D eigenvalue weighted by molar-refractivity contribution is 0.253. The molecule has 0 nitrogen and oxygen atoms in total. The second kappa shape index (κ2) is 14.7. The van der Waals surface area contributed by atoms with Gasteiger partial charge in [-0.05, 0) is 109 Å². The summed E-state index contributed by atoms with van der Waals surface area (Å²) in [6, 6.07) is 23.2. The smallest absolute Gasteiger partial charge is 0.126 e. The Hall–Kier alpha value is -2.12. The van der Waals surface area contributed by atoms with Crippen LogP contribution in [0.25, 0.3) is 0 Å². The van der Waals surface area contributed by atoms with Crippen molar-refractivity contribution in [2.45, 2.75) is 96.8 Å². The van der Waals surface area contributed by atoms with Crippen molar-refractivity contribution in [3.05, 3.63) is 105 Å². The van der Waals surface area contributed by atoms with Gasteiger partial charge in [0, 0.05) is 5.02 Å².